The van der Waals surface area contributed by atoms with Crippen LogP contribution in [0.5, 0.6) is 5.75 Å². The van der Waals surface area contributed by atoms with E-state index in [0.717, 1.165) is 0 Å². The maximum Gasteiger partial charge on any atom is 0.255 e. The Hall–Kier alpha value is -0.800. The van der Waals surface area contributed by atoms with Crippen LogP contribution in [0.4, 0.5) is 11.4 Å². The number of halogens is 3. The highest BCUT2D eigenvalue weighted by atomic mass is 127. The summed E-state index contributed by atoms with van der Waals surface area (Å²) in [6, 6.07) is 8.15. The molecule has 0 spiro atoms. The van der Waals surface area contributed by atoms with Crippen LogP contribution in [0.25, 0.3) is 0 Å². The molecule has 0 heterocycles. The molecule has 0 saturated carbocycles. The molecule has 4 nitrogen and oxygen atoms in total. The van der Waals surface area contributed by atoms with Gasteiger partial charge in [-0.05, 0) is 84.8 Å². The Morgan fingerprint density at radius 2 is 1.80 bits per heavy atom. The van der Waals surface area contributed by atoms with Crippen LogP contribution in [0.2, 0.25) is 0 Å². The van der Waals surface area contributed by atoms with Crippen LogP contribution in [0.15, 0.2) is 39.3 Å². The van der Waals surface area contributed by atoms with Crippen molar-refractivity contribution in [3.05, 3.63) is 48.4 Å². The molecule has 20 heavy (non-hydrogen) atoms. The zero-order valence-corrected chi connectivity index (χ0v) is 15.3. The molecule has 2 aromatic rings. The van der Waals surface area contributed by atoms with E-state index in [-0.39, 0.29) is 11.7 Å². The van der Waals surface area contributed by atoms with Gasteiger partial charge in [-0.15, -0.1) is 0 Å². The quantitative estimate of drug-likeness (QED) is 0.414. The zero-order valence-electron chi connectivity index (χ0n) is 9.95. The molecule has 0 aliphatic rings. The first kappa shape index (κ1) is 15.6. The van der Waals surface area contributed by atoms with Crippen LogP contribution in [0.3, 0.4) is 0 Å². The molecule has 2 aromatic carbocycles. The summed E-state index contributed by atoms with van der Waals surface area (Å²) in [7, 11) is 0. The normalized spacial score (nSPS) is 10.3. The first-order valence-corrected chi connectivity index (χ1v) is 8.09. The lowest BCUT2D eigenvalue weighted by molar-refractivity contribution is 0.102. The van der Waals surface area contributed by atoms with E-state index in [1.54, 1.807) is 24.3 Å². The van der Waals surface area contributed by atoms with Gasteiger partial charge in [0.05, 0.1) is 9.26 Å². The standard InChI is InChI=1S/C13H9Br2IN2O2/c14-8-4-7(17)5-9(15)12(8)18-13(20)6-1-2-10(16)11(19)3-6/h1-5,19H,17H2,(H,18,20). The molecule has 0 radical (unpaired) electrons. The number of phenols is 1. The van der Waals surface area contributed by atoms with Gasteiger partial charge in [0.1, 0.15) is 5.75 Å². The van der Waals surface area contributed by atoms with E-state index in [1.807, 2.05) is 22.6 Å². The van der Waals surface area contributed by atoms with Gasteiger partial charge in [0.15, 0.2) is 0 Å². The molecule has 0 aromatic heterocycles. The number of hydrogen-bond acceptors (Lipinski definition) is 3. The highest BCUT2D eigenvalue weighted by molar-refractivity contribution is 14.1. The maximum absolute atomic E-state index is 12.2. The number of nitrogen functional groups attached to an aromatic ring is 1. The van der Waals surface area contributed by atoms with Gasteiger partial charge < -0.3 is 16.2 Å². The van der Waals surface area contributed by atoms with Gasteiger partial charge in [0.25, 0.3) is 5.91 Å². The van der Waals surface area contributed by atoms with Gasteiger partial charge >= 0.3 is 0 Å². The van der Waals surface area contributed by atoms with E-state index in [0.29, 0.717) is 29.5 Å². The lowest BCUT2D eigenvalue weighted by Crippen LogP contribution is -2.13. The Morgan fingerprint density at radius 3 is 2.35 bits per heavy atom. The summed E-state index contributed by atoms with van der Waals surface area (Å²) in [4.78, 5) is 12.2. The van der Waals surface area contributed by atoms with Crippen LogP contribution in [-0.4, -0.2) is 11.0 Å². The van der Waals surface area contributed by atoms with Crippen LogP contribution >= 0.6 is 54.5 Å². The fourth-order valence-corrected chi connectivity index (χ4v) is 3.31. The number of nitrogens with one attached hydrogen (secondary N) is 1. The first-order chi connectivity index (χ1) is 9.38. The Morgan fingerprint density at radius 1 is 1.20 bits per heavy atom. The summed E-state index contributed by atoms with van der Waals surface area (Å²) in [6.45, 7) is 0. The number of phenolic OH excluding ortho intramolecular Hbond substituents is 1. The van der Waals surface area contributed by atoms with E-state index in [2.05, 4.69) is 37.2 Å². The van der Waals surface area contributed by atoms with Gasteiger partial charge in [-0.3, -0.25) is 4.79 Å². The van der Waals surface area contributed by atoms with Crippen molar-refractivity contribution in [1.29, 1.82) is 0 Å². The molecule has 4 N–H and O–H groups in total. The Bertz CT molecular complexity index is 669. The molecule has 0 aliphatic heterocycles. The van der Waals surface area contributed by atoms with Crippen molar-refractivity contribution in [2.75, 3.05) is 11.1 Å². The smallest absolute Gasteiger partial charge is 0.255 e. The third kappa shape index (κ3) is 3.44. The average molecular weight is 512 g/mol. The van der Waals surface area contributed by atoms with Crippen LogP contribution in [0, 0.1) is 3.57 Å². The molecule has 0 atom stereocenters. The molecule has 0 saturated heterocycles. The Balaban J connectivity index is 2.30. The van der Waals surface area contributed by atoms with Crippen molar-refractivity contribution in [3.8, 4) is 5.75 Å². The Labute approximate surface area is 146 Å². The number of carbonyl (C=O) groups is 1. The summed E-state index contributed by atoms with van der Waals surface area (Å²) in [5.74, 6) is -0.239. The Kier molecular flexibility index (Phi) is 4.92. The zero-order chi connectivity index (χ0) is 14.9. The minimum absolute atomic E-state index is 0.0775. The van der Waals surface area contributed by atoms with Crippen LogP contribution in [-0.2, 0) is 0 Å². The van der Waals surface area contributed by atoms with Gasteiger partial charge in [0, 0.05) is 20.2 Å². The SMILES string of the molecule is Nc1cc(Br)c(NC(=O)c2ccc(I)c(O)c2)c(Br)c1. The summed E-state index contributed by atoms with van der Waals surface area (Å²) in [5, 5.41) is 12.4. The highest BCUT2D eigenvalue weighted by Crippen LogP contribution is 2.34. The molecule has 0 aliphatic carbocycles. The fraction of sp³-hybridized carbons (Fsp3) is 0. The van der Waals surface area contributed by atoms with E-state index < -0.39 is 0 Å². The summed E-state index contributed by atoms with van der Waals surface area (Å²) >= 11 is 8.69. The van der Waals surface area contributed by atoms with Gasteiger partial charge in [-0.1, -0.05) is 0 Å². The van der Waals surface area contributed by atoms with Crippen LogP contribution < -0.4 is 11.1 Å². The molecule has 7 heteroatoms. The van der Waals surface area contributed by atoms with Crippen molar-refractivity contribution >= 4 is 71.7 Å². The lowest BCUT2D eigenvalue weighted by Gasteiger charge is -2.11. The van der Waals surface area contributed by atoms with Crippen molar-refractivity contribution in [1.82, 2.24) is 0 Å². The maximum atomic E-state index is 12.2. The van der Waals surface area contributed by atoms with Gasteiger partial charge in [-0.2, -0.15) is 0 Å². The van der Waals surface area contributed by atoms with E-state index in [1.165, 1.54) is 6.07 Å². The summed E-state index contributed by atoms with van der Waals surface area (Å²) in [5.41, 5.74) is 7.24. The largest absolute Gasteiger partial charge is 0.507 e. The van der Waals surface area contributed by atoms with E-state index in [4.69, 9.17) is 5.73 Å². The van der Waals surface area contributed by atoms with E-state index >= 15 is 0 Å². The third-order valence-corrected chi connectivity index (χ3v) is 4.67. The van der Waals surface area contributed by atoms with Gasteiger partial charge in [0.2, 0.25) is 0 Å². The summed E-state index contributed by atoms with van der Waals surface area (Å²) < 4.78 is 2.04. The third-order valence-electron chi connectivity index (χ3n) is 2.51. The molecule has 0 unspecified atom stereocenters. The van der Waals surface area contributed by atoms with Crippen molar-refractivity contribution in [3.63, 3.8) is 0 Å². The number of rotatable bonds is 2. The number of anilines is 2. The molecule has 2 rings (SSSR count). The highest BCUT2D eigenvalue weighted by Gasteiger charge is 2.13. The monoisotopic (exact) mass is 510 g/mol. The molecule has 1 amide bonds. The number of aromatic hydroxyl groups is 1. The summed E-state index contributed by atoms with van der Waals surface area (Å²) in [6.07, 6.45) is 0. The second kappa shape index (κ2) is 6.31. The lowest BCUT2D eigenvalue weighted by atomic mass is 10.2. The van der Waals surface area contributed by atoms with Crippen LogP contribution in [0.1, 0.15) is 10.4 Å². The predicted octanol–water partition coefficient (Wildman–Crippen LogP) is 4.36. The molecular weight excluding hydrogens is 503 g/mol. The second-order valence-corrected chi connectivity index (χ2v) is 6.85. The minimum Gasteiger partial charge on any atom is -0.507 e. The number of amides is 1. The number of nitrogens with two attached hydrogens (primary N) is 1. The number of benzene rings is 2. The predicted molar refractivity (Wildman–Crippen MR) is 95.0 cm³/mol. The van der Waals surface area contributed by atoms with E-state index in [9.17, 15) is 9.90 Å². The minimum atomic E-state index is -0.317. The van der Waals surface area contributed by atoms with Crippen molar-refractivity contribution in [2.24, 2.45) is 0 Å². The molecule has 104 valence electrons. The second-order valence-electron chi connectivity index (χ2n) is 3.98. The van der Waals surface area contributed by atoms with Crippen molar-refractivity contribution in [2.45, 2.75) is 0 Å². The number of carbonyl (C=O) groups excluding carboxylic acids is 1. The number of hydrogen-bond donors (Lipinski definition) is 3. The van der Waals surface area contributed by atoms with Gasteiger partial charge in [-0.25, -0.2) is 0 Å². The topological polar surface area (TPSA) is 75.3 Å². The molecule has 0 bridgehead atoms. The fourth-order valence-electron chi connectivity index (χ4n) is 1.55. The molecular formula is C13H9Br2IN2O2. The average Bonchev–Trinajstić information content (AvgIpc) is 2.36. The molecule has 0 fully saturated rings. The van der Waals surface area contributed by atoms with Crippen molar-refractivity contribution < 1.29 is 9.90 Å². The first-order valence-electron chi connectivity index (χ1n) is 5.43.